The summed E-state index contributed by atoms with van der Waals surface area (Å²) in [7, 11) is 1.50. The van der Waals surface area contributed by atoms with Crippen LogP contribution in [-0.4, -0.2) is 57.5 Å². The Morgan fingerprint density at radius 1 is 1.32 bits per heavy atom. The number of aryl methyl sites for hydroxylation is 1. The van der Waals surface area contributed by atoms with E-state index >= 15 is 0 Å². The van der Waals surface area contributed by atoms with Gasteiger partial charge in [-0.05, 0) is 48.9 Å². The first-order valence-corrected chi connectivity index (χ1v) is 11.2. The van der Waals surface area contributed by atoms with Crippen LogP contribution in [0.25, 0.3) is 6.08 Å². The second-order valence-electron chi connectivity index (χ2n) is 6.47. The lowest BCUT2D eigenvalue weighted by Gasteiger charge is -2.13. The Morgan fingerprint density at radius 3 is 2.77 bits per heavy atom. The molecule has 11 heteroatoms. The molecule has 0 saturated carbocycles. The van der Waals surface area contributed by atoms with Crippen LogP contribution in [0.4, 0.5) is 5.13 Å². The highest BCUT2D eigenvalue weighted by molar-refractivity contribution is 8.18. The fourth-order valence-electron chi connectivity index (χ4n) is 2.72. The summed E-state index contributed by atoms with van der Waals surface area (Å²) < 4.78 is 10.8. The molecule has 1 N–H and O–H groups in total. The Kier molecular flexibility index (Phi) is 7.64. The number of amidine groups is 1. The molecule has 1 saturated heterocycles. The minimum atomic E-state index is -0.935. The Balaban J connectivity index is 1.84. The molecule has 1 aromatic carbocycles. The van der Waals surface area contributed by atoms with Crippen LogP contribution in [0.3, 0.4) is 0 Å². The van der Waals surface area contributed by atoms with Gasteiger partial charge in [0.1, 0.15) is 5.01 Å². The van der Waals surface area contributed by atoms with Gasteiger partial charge in [-0.25, -0.2) is 0 Å². The highest BCUT2D eigenvalue weighted by Crippen LogP contribution is 2.36. The Morgan fingerprint density at radius 2 is 2.13 bits per heavy atom. The lowest BCUT2D eigenvalue weighted by atomic mass is 10.2. The number of hydrogen-bond acceptors (Lipinski definition) is 9. The van der Waals surface area contributed by atoms with E-state index < -0.39 is 5.97 Å². The van der Waals surface area contributed by atoms with E-state index in [0.29, 0.717) is 33.2 Å². The van der Waals surface area contributed by atoms with E-state index in [1.807, 2.05) is 13.8 Å². The third-order valence-electron chi connectivity index (χ3n) is 4.10. The lowest BCUT2D eigenvalue weighted by Crippen LogP contribution is -2.29. The van der Waals surface area contributed by atoms with Crippen molar-refractivity contribution in [3.05, 3.63) is 33.7 Å². The average Bonchev–Trinajstić information content (AvgIpc) is 3.27. The zero-order chi connectivity index (χ0) is 22.4. The van der Waals surface area contributed by atoms with Crippen LogP contribution in [0, 0.1) is 6.92 Å². The number of benzene rings is 1. The van der Waals surface area contributed by atoms with Gasteiger partial charge in [0.25, 0.3) is 5.91 Å². The van der Waals surface area contributed by atoms with Crippen molar-refractivity contribution >= 4 is 51.4 Å². The normalized spacial score (nSPS) is 16.4. The summed E-state index contributed by atoms with van der Waals surface area (Å²) in [6.07, 6.45) is 2.46. The van der Waals surface area contributed by atoms with E-state index in [-0.39, 0.29) is 18.9 Å². The molecule has 9 nitrogen and oxygen atoms in total. The Hall–Kier alpha value is -2.92. The van der Waals surface area contributed by atoms with Gasteiger partial charge in [-0.3, -0.25) is 14.5 Å². The van der Waals surface area contributed by atoms with Gasteiger partial charge in [0, 0.05) is 6.54 Å². The number of amides is 1. The van der Waals surface area contributed by atoms with Gasteiger partial charge in [0.15, 0.2) is 16.7 Å². The molecule has 164 valence electrons. The number of thioether (sulfide) groups is 1. The summed E-state index contributed by atoms with van der Waals surface area (Å²) in [5.41, 5.74) is 0.753. The van der Waals surface area contributed by atoms with E-state index in [9.17, 15) is 9.59 Å². The Bertz CT molecular complexity index is 1030. The number of rotatable bonds is 9. The highest BCUT2D eigenvalue weighted by Gasteiger charge is 2.33. The van der Waals surface area contributed by atoms with Crippen LogP contribution in [0.15, 0.2) is 28.1 Å². The molecule has 0 spiro atoms. The second kappa shape index (κ2) is 10.4. The van der Waals surface area contributed by atoms with Gasteiger partial charge in [0.2, 0.25) is 5.13 Å². The number of carbonyl (C=O) groups excluding carboxylic acids is 1. The summed E-state index contributed by atoms with van der Waals surface area (Å²) in [5, 5.41) is 18.6. The van der Waals surface area contributed by atoms with Crippen molar-refractivity contribution in [3.63, 3.8) is 0 Å². The van der Waals surface area contributed by atoms with Crippen molar-refractivity contribution in [1.29, 1.82) is 0 Å². The molecule has 0 radical (unpaired) electrons. The maximum Gasteiger partial charge on any atom is 0.306 e. The molecule has 31 heavy (non-hydrogen) atoms. The first kappa shape index (κ1) is 22.8. The number of aliphatic carboxylic acids is 1. The van der Waals surface area contributed by atoms with E-state index in [1.54, 1.807) is 29.2 Å². The van der Waals surface area contributed by atoms with Crippen molar-refractivity contribution in [2.24, 2.45) is 4.99 Å². The third kappa shape index (κ3) is 5.82. The predicted molar refractivity (Wildman–Crippen MR) is 120 cm³/mol. The summed E-state index contributed by atoms with van der Waals surface area (Å²) >= 11 is 2.66. The number of methoxy groups -OCH3 is 1. The molecule has 1 aliphatic rings. The number of nitrogens with zero attached hydrogens (tertiary/aromatic N) is 4. The number of aliphatic imine (C=N–C) groups is 1. The van der Waals surface area contributed by atoms with E-state index in [1.165, 1.54) is 30.2 Å². The monoisotopic (exact) mass is 462 g/mol. The molecular weight excluding hydrogens is 440 g/mol. The van der Waals surface area contributed by atoms with Crippen LogP contribution < -0.4 is 9.47 Å². The molecule has 0 aliphatic carbocycles. The van der Waals surface area contributed by atoms with Gasteiger partial charge < -0.3 is 14.6 Å². The number of carbonyl (C=O) groups is 2. The number of aromatic nitrogens is 2. The van der Waals surface area contributed by atoms with Gasteiger partial charge in [-0.1, -0.05) is 24.3 Å². The van der Waals surface area contributed by atoms with Crippen molar-refractivity contribution in [2.75, 3.05) is 20.3 Å². The van der Waals surface area contributed by atoms with Gasteiger partial charge in [0.05, 0.1) is 25.0 Å². The number of carboxylic acid groups (broad SMARTS) is 1. The molecule has 3 rings (SSSR count). The molecule has 0 unspecified atom stereocenters. The number of hydrogen-bond donors (Lipinski definition) is 1. The first-order valence-electron chi connectivity index (χ1n) is 9.54. The topological polar surface area (TPSA) is 114 Å². The maximum atomic E-state index is 12.9. The molecule has 0 bridgehead atoms. The smallest absolute Gasteiger partial charge is 0.306 e. The van der Waals surface area contributed by atoms with Crippen LogP contribution in [0.5, 0.6) is 11.5 Å². The lowest BCUT2D eigenvalue weighted by molar-refractivity contribution is -0.137. The van der Waals surface area contributed by atoms with E-state index in [4.69, 9.17) is 14.6 Å². The highest BCUT2D eigenvalue weighted by atomic mass is 32.2. The minimum absolute atomic E-state index is 0.0390. The molecule has 2 aromatic rings. The summed E-state index contributed by atoms with van der Waals surface area (Å²) in [5.74, 6) is -0.154. The van der Waals surface area contributed by atoms with Crippen LogP contribution in [0.2, 0.25) is 0 Å². The SMILES string of the molecule is CCCN1C(=O)/C(=C\c2ccc(OCCC(=O)O)c(OC)c2)S/C1=N/c1nnc(C)s1. The third-order valence-corrected chi connectivity index (χ3v) is 5.84. The van der Waals surface area contributed by atoms with Crippen molar-refractivity contribution < 1.29 is 24.2 Å². The zero-order valence-corrected chi connectivity index (χ0v) is 19.0. The van der Waals surface area contributed by atoms with E-state index in [2.05, 4.69) is 15.2 Å². The first-order chi connectivity index (χ1) is 14.9. The van der Waals surface area contributed by atoms with Crippen molar-refractivity contribution in [2.45, 2.75) is 26.7 Å². The molecule has 0 atom stereocenters. The maximum absolute atomic E-state index is 12.9. The molecule has 1 aromatic heterocycles. The second-order valence-corrected chi connectivity index (χ2v) is 8.64. The van der Waals surface area contributed by atoms with Crippen LogP contribution >= 0.6 is 23.1 Å². The van der Waals surface area contributed by atoms with Gasteiger partial charge in [-0.15, -0.1) is 10.2 Å². The van der Waals surface area contributed by atoms with Gasteiger partial charge in [-0.2, -0.15) is 4.99 Å². The number of carboxylic acids is 1. The molecular formula is C20H22N4O5S2. The van der Waals surface area contributed by atoms with Crippen LogP contribution in [0.1, 0.15) is 30.3 Å². The van der Waals surface area contributed by atoms with Gasteiger partial charge >= 0.3 is 5.97 Å². The fraction of sp³-hybridized carbons (Fsp3) is 0.350. The summed E-state index contributed by atoms with van der Waals surface area (Å²) in [4.78, 5) is 30.3. The molecule has 1 fully saturated rings. The number of ether oxygens (including phenoxy) is 2. The molecule has 1 amide bonds. The minimum Gasteiger partial charge on any atom is -0.493 e. The van der Waals surface area contributed by atoms with Crippen molar-refractivity contribution in [1.82, 2.24) is 15.1 Å². The van der Waals surface area contributed by atoms with E-state index in [0.717, 1.165) is 17.0 Å². The van der Waals surface area contributed by atoms with Crippen molar-refractivity contribution in [3.8, 4) is 11.5 Å². The largest absolute Gasteiger partial charge is 0.493 e. The summed E-state index contributed by atoms with van der Waals surface area (Å²) in [6.45, 7) is 4.45. The molecule has 1 aliphatic heterocycles. The predicted octanol–water partition coefficient (Wildman–Crippen LogP) is 3.72. The Labute approximate surface area is 187 Å². The molecule has 2 heterocycles. The summed E-state index contributed by atoms with van der Waals surface area (Å²) in [6, 6.07) is 5.22. The van der Waals surface area contributed by atoms with Crippen LogP contribution in [-0.2, 0) is 9.59 Å². The zero-order valence-electron chi connectivity index (χ0n) is 17.3. The average molecular weight is 463 g/mol. The quantitative estimate of drug-likeness (QED) is 0.561. The standard InChI is InChI=1S/C20H22N4O5S2/c1-4-8-24-18(27)16(31-20(24)21-19-23-22-12(2)30-19)11-13-5-6-14(15(10-13)28-3)29-9-7-17(25)26/h5-6,10-11H,4,7-9H2,1-3H3,(H,25,26)/b16-11+,21-20+. The fourth-order valence-corrected chi connectivity index (χ4v) is 4.34.